The van der Waals surface area contributed by atoms with Gasteiger partial charge in [0.1, 0.15) is 46.0 Å². The fourth-order valence-electron chi connectivity index (χ4n) is 6.14. The smallest absolute Gasteiger partial charge is 0.435 e. The maximum atomic E-state index is 13.9. The molecule has 0 radical (unpaired) electrons. The number of benzene rings is 3. The number of nitrogens with zero attached hydrogens (tertiary/aromatic N) is 7. The van der Waals surface area contributed by atoms with Crippen molar-refractivity contribution >= 4 is 51.2 Å². The highest BCUT2D eigenvalue weighted by molar-refractivity contribution is 6.31. The van der Waals surface area contributed by atoms with E-state index in [1.165, 1.54) is 38.7 Å². The number of aromatic nitrogens is 7. The van der Waals surface area contributed by atoms with Crippen molar-refractivity contribution in [3.8, 4) is 34.4 Å². The molecule has 302 valence electrons. The van der Waals surface area contributed by atoms with Crippen molar-refractivity contribution in [2.24, 2.45) is 7.05 Å². The first-order valence-corrected chi connectivity index (χ1v) is 17.6. The predicted octanol–water partition coefficient (Wildman–Crippen LogP) is 10.8. The number of halogens is 8. The Bertz CT molecular complexity index is 2770. The largest absolute Gasteiger partial charge is 0.497 e. The second-order valence-corrected chi connectivity index (χ2v) is 13.0. The van der Waals surface area contributed by atoms with Gasteiger partial charge in [-0.2, -0.15) is 26.3 Å². The van der Waals surface area contributed by atoms with Crippen LogP contribution in [0.1, 0.15) is 11.4 Å². The summed E-state index contributed by atoms with van der Waals surface area (Å²) in [6, 6.07) is 23.9. The van der Waals surface area contributed by atoms with Gasteiger partial charge in [-0.25, -0.2) is 29.3 Å². The second kappa shape index (κ2) is 16.1. The number of methoxy groups -OCH3 is 2. The summed E-state index contributed by atoms with van der Waals surface area (Å²) in [5.74, 6) is 0.963. The average molecular weight is 836 g/mol. The number of fused-ring (bicyclic) bond motifs is 2. The molecule has 19 heteroatoms. The van der Waals surface area contributed by atoms with Crippen molar-refractivity contribution in [2.75, 3.05) is 24.9 Å². The fraction of sp³-hybridized carbons (Fsp3) is 0.125. The minimum Gasteiger partial charge on any atom is -0.497 e. The highest BCUT2D eigenvalue weighted by Crippen LogP contribution is 2.43. The van der Waals surface area contributed by atoms with Crippen molar-refractivity contribution in [2.45, 2.75) is 12.4 Å². The maximum Gasteiger partial charge on any atom is 0.435 e. The van der Waals surface area contributed by atoms with Gasteiger partial charge < -0.3 is 24.7 Å². The average Bonchev–Trinajstić information content (AvgIpc) is 3.74. The van der Waals surface area contributed by atoms with Crippen molar-refractivity contribution in [1.82, 2.24) is 33.9 Å². The summed E-state index contributed by atoms with van der Waals surface area (Å²) in [4.78, 5) is 20.2. The predicted molar refractivity (Wildman–Crippen MR) is 208 cm³/mol. The van der Waals surface area contributed by atoms with Crippen LogP contribution in [0.25, 0.3) is 39.5 Å². The zero-order valence-electron chi connectivity index (χ0n) is 30.9. The van der Waals surface area contributed by atoms with Crippen LogP contribution in [0, 0.1) is 5.82 Å². The molecule has 59 heavy (non-hydrogen) atoms. The number of nitrogens with one attached hydrogen (secondary N) is 2. The monoisotopic (exact) mass is 835 g/mol. The molecule has 8 aromatic rings. The summed E-state index contributed by atoms with van der Waals surface area (Å²) < 4.78 is 108. The van der Waals surface area contributed by atoms with Gasteiger partial charge in [0.05, 0.1) is 19.8 Å². The van der Waals surface area contributed by atoms with E-state index in [-0.39, 0.29) is 28.7 Å². The first kappa shape index (κ1) is 40.3. The molecule has 8 rings (SSSR count). The molecule has 0 unspecified atom stereocenters. The number of hydrogen-bond acceptors (Lipinski definition) is 9. The summed E-state index contributed by atoms with van der Waals surface area (Å²) in [5.41, 5.74) is -0.893. The standard InChI is InChI=1S/C21H16ClF3N4O.C19H13F4N5O/c1-29-16-8-3-12(22)11-15(16)18(19(29)21(23,24)25)20-26-10-9-17(28-20)27-13-4-6-14(30-2)7-5-13;1-29-13-5-3-12(4-6-13)25-14-8-9-24-18(26-14)16-17(19(21,22)23)27-15-7-2-11(20)10-28(15)16/h3-11H,1-2H3,(H,26,27,28);2-10H,1H3,(H,24,25,26). The van der Waals surface area contributed by atoms with E-state index < -0.39 is 35.3 Å². The molecule has 0 aliphatic rings. The lowest BCUT2D eigenvalue weighted by molar-refractivity contribution is -0.142. The van der Waals surface area contributed by atoms with Crippen LogP contribution in [-0.4, -0.2) is 48.1 Å². The molecule has 3 aromatic carbocycles. The molecule has 5 heterocycles. The van der Waals surface area contributed by atoms with Crippen LogP contribution in [0.5, 0.6) is 11.5 Å². The van der Waals surface area contributed by atoms with E-state index in [0.717, 1.165) is 27.3 Å². The third-order valence-corrected chi connectivity index (χ3v) is 8.99. The molecule has 0 bridgehead atoms. The van der Waals surface area contributed by atoms with Gasteiger partial charge in [-0.15, -0.1) is 0 Å². The number of pyridine rings is 1. The molecule has 0 amide bonds. The van der Waals surface area contributed by atoms with Crippen LogP contribution < -0.4 is 20.1 Å². The molecular weight excluding hydrogens is 807 g/mol. The minimum absolute atomic E-state index is 0.0475. The number of rotatable bonds is 8. The molecule has 0 aliphatic carbocycles. The van der Waals surface area contributed by atoms with E-state index in [2.05, 4.69) is 35.6 Å². The number of ether oxygens (including phenoxy) is 2. The Morgan fingerprint density at radius 3 is 1.76 bits per heavy atom. The number of aryl methyl sites for hydroxylation is 1. The van der Waals surface area contributed by atoms with E-state index in [1.807, 2.05) is 0 Å². The lowest BCUT2D eigenvalue weighted by Gasteiger charge is -2.12. The number of anilines is 4. The normalized spacial score (nSPS) is 11.6. The Hall–Kier alpha value is -6.95. The second-order valence-electron chi connectivity index (χ2n) is 12.6. The highest BCUT2D eigenvalue weighted by atomic mass is 35.5. The number of imidazole rings is 1. The Kier molecular flexibility index (Phi) is 11.0. The molecule has 5 aromatic heterocycles. The van der Waals surface area contributed by atoms with Crippen LogP contribution in [-0.2, 0) is 19.4 Å². The highest BCUT2D eigenvalue weighted by Gasteiger charge is 2.40. The van der Waals surface area contributed by atoms with E-state index in [1.54, 1.807) is 73.8 Å². The Balaban J connectivity index is 0.000000179. The Morgan fingerprint density at radius 1 is 0.661 bits per heavy atom. The van der Waals surface area contributed by atoms with E-state index in [0.29, 0.717) is 44.6 Å². The Labute approximate surface area is 335 Å². The molecule has 2 N–H and O–H groups in total. The summed E-state index contributed by atoms with van der Waals surface area (Å²) >= 11 is 6.06. The van der Waals surface area contributed by atoms with Crippen LogP contribution >= 0.6 is 11.6 Å². The molecule has 0 saturated carbocycles. The molecule has 0 spiro atoms. The molecular formula is C40H29ClF7N9O2. The zero-order chi connectivity index (χ0) is 42.1. The summed E-state index contributed by atoms with van der Waals surface area (Å²) in [6.45, 7) is 0. The van der Waals surface area contributed by atoms with Gasteiger partial charge in [0.2, 0.25) is 0 Å². The molecule has 11 nitrogen and oxygen atoms in total. The molecule has 0 aliphatic heterocycles. The summed E-state index contributed by atoms with van der Waals surface area (Å²) in [6.07, 6.45) is -5.72. The van der Waals surface area contributed by atoms with Gasteiger partial charge >= 0.3 is 12.4 Å². The minimum atomic E-state index is -4.76. The molecule has 0 atom stereocenters. The van der Waals surface area contributed by atoms with Crippen molar-refractivity contribution in [3.63, 3.8) is 0 Å². The van der Waals surface area contributed by atoms with Gasteiger partial charge in [0.25, 0.3) is 0 Å². The SMILES string of the molecule is COc1ccc(Nc2ccnc(-c3c(C(F)(F)F)n(C)c4ccc(Cl)cc34)n2)cc1.COc1ccc(Nc2ccnc(-c3c(C(F)(F)F)nc4ccc(F)cn34)n2)cc1. The zero-order valence-corrected chi connectivity index (χ0v) is 31.6. The quantitative estimate of drug-likeness (QED) is 0.144. The third kappa shape index (κ3) is 8.67. The van der Waals surface area contributed by atoms with Crippen LogP contribution in [0.15, 0.2) is 110 Å². The van der Waals surface area contributed by atoms with Gasteiger partial charge in [-0.1, -0.05) is 11.6 Å². The van der Waals surface area contributed by atoms with Crippen molar-refractivity contribution in [1.29, 1.82) is 0 Å². The van der Waals surface area contributed by atoms with Gasteiger partial charge in [0.15, 0.2) is 17.3 Å². The van der Waals surface area contributed by atoms with Gasteiger partial charge in [-0.05, 0) is 91.0 Å². The maximum absolute atomic E-state index is 13.9. The van der Waals surface area contributed by atoms with Crippen molar-refractivity contribution in [3.05, 3.63) is 132 Å². The fourth-order valence-corrected chi connectivity index (χ4v) is 6.31. The van der Waals surface area contributed by atoms with Gasteiger partial charge in [0, 0.05) is 52.9 Å². The van der Waals surface area contributed by atoms with E-state index in [9.17, 15) is 30.7 Å². The molecule has 0 saturated heterocycles. The van der Waals surface area contributed by atoms with Crippen molar-refractivity contribution < 1.29 is 40.2 Å². The van der Waals surface area contributed by atoms with Gasteiger partial charge in [-0.3, -0.25) is 4.40 Å². The molecule has 0 fully saturated rings. The van der Waals surface area contributed by atoms with Crippen LogP contribution in [0.3, 0.4) is 0 Å². The summed E-state index contributed by atoms with van der Waals surface area (Å²) in [5, 5.41) is 6.71. The van der Waals surface area contributed by atoms with E-state index in [4.69, 9.17) is 21.1 Å². The van der Waals surface area contributed by atoms with Crippen LogP contribution in [0.4, 0.5) is 53.7 Å². The number of alkyl halides is 6. The first-order valence-electron chi connectivity index (χ1n) is 17.2. The third-order valence-electron chi connectivity index (χ3n) is 8.75. The first-order chi connectivity index (χ1) is 28.1. The number of hydrogen-bond donors (Lipinski definition) is 2. The topological polar surface area (TPSA) is 116 Å². The van der Waals surface area contributed by atoms with Crippen LogP contribution in [0.2, 0.25) is 5.02 Å². The lowest BCUT2D eigenvalue weighted by Crippen LogP contribution is -2.13. The Morgan fingerprint density at radius 2 is 1.22 bits per heavy atom. The lowest BCUT2D eigenvalue weighted by atomic mass is 10.1. The van der Waals surface area contributed by atoms with E-state index >= 15 is 0 Å². The summed E-state index contributed by atoms with van der Waals surface area (Å²) in [7, 11) is 4.46.